The van der Waals surface area contributed by atoms with Crippen LogP contribution in [0.25, 0.3) is 0 Å². The summed E-state index contributed by atoms with van der Waals surface area (Å²) in [6, 6.07) is 3.18. The van der Waals surface area contributed by atoms with Crippen LogP contribution in [0, 0.1) is 0 Å². The van der Waals surface area contributed by atoms with E-state index in [2.05, 4.69) is 0 Å². The summed E-state index contributed by atoms with van der Waals surface area (Å²) in [7, 11) is -1.63. The van der Waals surface area contributed by atoms with Crippen LogP contribution in [-0.4, -0.2) is 61.3 Å². The second-order valence-electron chi connectivity index (χ2n) is 4.90. The van der Waals surface area contributed by atoms with E-state index in [1.54, 1.807) is 46.6 Å². The monoisotopic (exact) mass is 318 g/mol. The SMILES string of the molecule is CN1OCC(S(=O)(=O)N2CCSCC2)C1c1ccco1. The number of sulfonamides is 1. The normalized spacial score (nSPS) is 29.9. The molecule has 2 saturated heterocycles. The van der Waals surface area contributed by atoms with Crippen molar-refractivity contribution >= 4 is 21.8 Å². The molecule has 1 aromatic heterocycles. The Morgan fingerprint density at radius 1 is 1.35 bits per heavy atom. The van der Waals surface area contributed by atoms with Crippen molar-refractivity contribution in [2.75, 3.05) is 38.2 Å². The lowest BCUT2D eigenvalue weighted by atomic mass is 10.2. The van der Waals surface area contributed by atoms with Crippen molar-refractivity contribution in [1.82, 2.24) is 9.37 Å². The first-order chi connectivity index (χ1) is 9.60. The van der Waals surface area contributed by atoms with E-state index in [-0.39, 0.29) is 12.6 Å². The van der Waals surface area contributed by atoms with Gasteiger partial charge in [-0.1, -0.05) is 0 Å². The largest absolute Gasteiger partial charge is 0.468 e. The van der Waals surface area contributed by atoms with Crippen molar-refractivity contribution in [2.24, 2.45) is 0 Å². The van der Waals surface area contributed by atoms with Crippen LogP contribution in [0.2, 0.25) is 0 Å². The molecule has 6 nitrogen and oxygen atoms in total. The summed E-state index contributed by atoms with van der Waals surface area (Å²) in [4.78, 5) is 5.44. The molecule has 8 heteroatoms. The van der Waals surface area contributed by atoms with Gasteiger partial charge in [-0.25, -0.2) is 8.42 Å². The zero-order valence-electron chi connectivity index (χ0n) is 11.3. The third-order valence-electron chi connectivity index (χ3n) is 3.73. The molecule has 0 amide bonds. The summed E-state index contributed by atoms with van der Waals surface area (Å²) >= 11 is 1.79. The van der Waals surface area contributed by atoms with E-state index in [9.17, 15) is 8.42 Å². The maximum Gasteiger partial charge on any atom is 0.221 e. The van der Waals surface area contributed by atoms with E-state index in [1.165, 1.54) is 0 Å². The molecule has 0 radical (unpaired) electrons. The van der Waals surface area contributed by atoms with E-state index in [0.717, 1.165) is 11.5 Å². The van der Waals surface area contributed by atoms with Gasteiger partial charge in [-0.2, -0.15) is 21.1 Å². The molecule has 2 aliphatic rings. The van der Waals surface area contributed by atoms with Crippen molar-refractivity contribution in [3.05, 3.63) is 24.2 Å². The predicted molar refractivity (Wildman–Crippen MR) is 76.8 cm³/mol. The zero-order valence-corrected chi connectivity index (χ0v) is 12.9. The first-order valence-corrected chi connectivity index (χ1v) is 9.22. The highest BCUT2D eigenvalue weighted by Crippen LogP contribution is 2.35. The molecule has 0 aromatic carbocycles. The summed E-state index contributed by atoms with van der Waals surface area (Å²) in [5.41, 5.74) is 0. The van der Waals surface area contributed by atoms with Crippen LogP contribution in [0.4, 0.5) is 0 Å². The fraction of sp³-hybridized carbons (Fsp3) is 0.667. The number of hydroxylamine groups is 2. The van der Waals surface area contributed by atoms with Gasteiger partial charge in [0.2, 0.25) is 10.0 Å². The Labute approximate surface area is 123 Å². The molecule has 0 aliphatic carbocycles. The van der Waals surface area contributed by atoms with Gasteiger partial charge in [-0.05, 0) is 12.1 Å². The van der Waals surface area contributed by atoms with E-state index in [4.69, 9.17) is 9.25 Å². The second kappa shape index (κ2) is 5.69. The maximum absolute atomic E-state index is 12.8. The highest BCUT2D eigenvalue weighted by molar-refractivity contribution is 7.99. The molecular formula is C12H18N2O4S2. The maximum atomic E-state index is 12.8. The Kier molecular flexibility index (Phi) is 4.09. The first-order valence-electron chi connectivity index (χ1n) is 6.56. The van der Waals surface area contributed by atoms with Crippen molar-refractivity contribution in [2.45, 2.75) is 11.3 Å². The van der Waals surface area contributed by atoms with Gasteiger partial charge >= 0.3 is 0 Å². The molecule has 2 atom stereocenters. The second-order valence-corrected chi connectivity index (χ2v) is 8.27. The number of hydrogen-bond donors (Lipinski definition) is 0. The third-order valence-corrected chi connectivity index (χ3v) is 6.92. The minimum atomic E-state index is -3.38. The van der Waals surface area contributed by atoms with E-state index >= 15 is 0 Å². The number of nitrogens with zero attached hydrogens (tertiary/aromatic N) is 2. The van der Waals surface area contributed by atoms with Crippen LogP contribution in [-0.2, 0) is 14.9 Å². The van der Waals surface area contributed by atoms with E-state index in [1.807, 2.05) is 0 Å². The molecule has 1 aromatic rings. The first kappa shape index (κ1) is 14.4. The van der Waals surface area contributed by atoms with Crippen LogP contribution in [0.1, 0.15) is 11.8 Å². The van der Waals surface area contributed by atoms with Crippen molar-refractivity contribution < 1.29 is 17.7 Å². The van der Waals surface area contributed by atoms with Crippen LogP contribution < -0.4 is 0 Å². The molecule has 3 rings (SSSR count). The van der Waals surface area contributed by atoms with Crippen LogP contribution >= 0.6 is 11.8 Å². The van der Waals surface area contributed by atoms with Crippen molar-refractivity contribution in [3.8, 4) is 0 Å². The lowest BCUT2D eigenvalue weighted by molar-refractivity contribution is -0.113. The quantitative estimate of drug-likeness (QED) is 0.827. The topological polar surface area (TPSA) is 63.0 Å². The average molecular weight is 318 g/mol. The standard InChI is InChI=1S/C12H18N2O4S2/c1-13-12(10-3-2-6-17-10)11(9-18-13)20(15,16)14-4-7-19-8-5-14/h2-3,6,11-12H,4-5,7-9H2,1H3. The molecule has 0 saturated carbocycles. The molecule has 2 fully saturated rings. The van der Waals surface area contributed by atoms with Crippen LogP contribution in [0.5, 0.6) is 0 Å². The molecule has 112 valence electrons. The minimum absolute atomic E-state index is 0.174. The number of hydrogen-bond acceptors (Lipinski definition) is 6. The lowest BCUT2D eigenvalue weighted by Crippen LogP contribution is -2.45. The fourth-order valence-corrected chi connectivity index (χ4v) is 5.73. The summed E-state index contributed by atoms with van der Waals surface area (Å²) in [6.07, 6.45) is 1.56. The van der Waals surface area contributed by atoms with Gasteiger partial charge in [0, 0.05) is 31.6 Å². The Morgan fingerprint density at radius 3 is 2.75 bits per heavy atom. The summed E-state index contributed by atoms with van der Waals surface area (Å²) in [6.45, 7) is 1.34. The van der Waals surface area contributed by atoms with E-state index in [0.29, 0.717) is 18.8 Å². The van der Waals surface area contributed by atoms with Gasteiger partial charge in [0.1, 0.15) is 17.1 Å². The molecule has 20 heavy (non-hydrogen) atoms. The van der Waals surface area contributed by atoms with Gasteiger partial charge in [-0.15, -0.1) is 0 Å². The molecular weight excluding hydrogens is 300 g/mol. The average Bonchev–Trinajstić information content (AvgIpc) is 3.08. The molecule has 0 N–H and O–H groups in total. The Hall–Kier alpha value is -0.540. The Morgan fingerprint density at radius 2 is 2.10 bits per heavy atom. The highest BCUT2D eigenvalue weighted by atomic mass is 32.2. The zero-order chi connectivity index (χ0) is 14.2. The summed E-state index contributed by atoms with van der Waals surface area (Å²) in [5.74, 6) is 2.34. The Balaban J connectivity index is 1.87. The smallest absolute Gasteiger partial charge is 0.221 e. The van der Waals surface area contributed by atoms with Gasteiger partial charge in [0.25, 0.3) is 0 Å². The Bertz CT molecular complexity index is 540. The summed E-state index contributed by atoms with van der Waals surface area (Å²) < 4.78 is 32.6. The lowest BCUT2D eigenvalue weighted by Gasteiger charge is -2.30. The highest BCUT2D eigenvalue weighted by Gasteiger charge is 2.47. The van der Waals surface area contributed by atoms with Crippen molar-refractivity contribution in [3.63, 3.8) is 0 Å². The molecule has 2 unspecified atom stereocenters. The predicted octanol–water partition coefficient (Wildman–Crippen LogP) is 0.945. The van der Waals surface area contributed by atoms with E-state index < -0.39 is 15.3 Å². The van der Waals surface area contributed by atoms with Gasteiger partial charge < -0.3 is 4.42 Å². The summed E-state index contributed by atoms with van der Waals surface area (Å²) in [5, 5.41) is 0.974. The van der Waals surface area contributed by atoms with Crippen LogP contribution in [0.15, 0.2) is 22.8 Å². The number of rotatable bonds is 3. The number of thioether (sulfide) groups is 1. The molecule has 2 aliphatic heterocycles. The van der Waals surface area contributed by atoms with Gasteiger partial charge in [0.05, 0.1) is 12.9 Å². The van der Waals surface area contributed by atoms with Crippen LogP contribution in [0.3, 0.4) is 0 Å². The number of furan rings is 1. The fourth-order valence-electron chi connectivity index (χ4n) is 2.66. The molecule has 0 spiro atoms. The minimum Gasteiger partial charge on any atom is -0.468 e. The molecule has 3 heterocycles. The van der Waals surface area contributed by atoms with Gasteiger partial charge in [-0.3, -0.25) is 4.84 Å². The van der Waals surface area contributed by atoms with Crippen molar-refractivity contribution in [1.29, 1.82) is 0 Å². The molecule has 0 bridgehead atoms. The van der Waals surface area contributed by atoms with Gasteiger partial charge in [0.15, 0.2) is 0 Å². The third kappa shape index (κ3) is 2.50.